The van der Waals surface area contributed by atoms with E-state index in [4.69, 9.17) is 16.3 Å². The summed E-state index contributed by atoms with van der Waals surface area (Å²) in [5.74, 6) is 0.561. The summed E-state index contributed by atoms with van der Waals surface area (Å²) < 4.78 is 5.25. The van der Waals surface area contributed by atoms with Gasteiger partial charge >= 0.3 is 0 Å². The number of aromatic nitrogens is 1. The molecule has 1 aromatic heterocycles. The van der Waals surface area contributed by atoms with E-state index >= 15 is 0 Å². The first-order valence-corrected chi connectivity index (χ1v) is 7.53. The van der Waals surface area contributed by atoms with Gasteiger partial charge in [0.15, 0.2) is 0 Å². The van der Waals surface area contributed by atoms with Crippen molar-refractivity contribution in [2.24, 2.45) is 0 Å². The molecule has 1 amide bonds. The summed E-state index contributed by atoms with van der Waals surface area (Å²) in [6.07, 6.45) is 1.82. The number of hydrogen-bond acceptors (Lipinski definition) is 2. The molecule has 4 nitrogen and oxygen atoms in total. The highest BCUT2D eigenvalue weighted by atomic mass is 35.5. The van der Waals surface area contributed by atoms with Gasteiger partial charge in [-0.05, 0) is 30.3 Å². The normalized spacial score (nSPS) is 15.0. The minimum atomic E-state index is -0.144. The van der Waals surface area contributed by atoms with Gasteiger partial charge in [-0.25, -0.2) is 0 Å². The average molecular weight is 325 g/mol. The first-order chi connectivity index (χ1) is 11.2. The van der Waals surface area contributed by atoms with Crippen molar-refractivity contribution in [3.63, 3.8) is 0 Å². The fraction of sp³-hybridized carbons (Fsp3) is 0.0556. The molecule has 2 heterocycles. The number of fused-ring (bicyclic) bond motifs is 2. The van der Waals surface area contributed by atoms with Gasteiger partial charge in [-0.15, -0.1) is 0 Å². The number of amides is 1. The van der Waals surface area contributed by atoms with Crippen molar-refractivity contribution in [1.29, 1.82) is 0 Å². The van der Waals surface area contributed by atoms with Gasteiger partial charge in [0.05, 0.1) is 7.11 Å². The number of anilines is 1. The molecular weight excluding hydrogens is 312 g/mol. The van der Waals surface area contributed by atoms with Crippen molar-refractivity contribution in [3.8, 4) is 5.75 Å². The summed E-state index contributed by atoms with van der Waals surface area (Å²) >= 11 is 6.32. The van der Waals surface area contributed by atoms with Crippen LogP contribution >= 0.6 is 11.6 Å². The molecule has 0 saturated heterocycles. The van der Waals surface area contributed by atoms with E-state index in [2.05, 4.69) is 10.3 Å². The van der Waals surface area contributed by atoms with Crippen molar-refractivity contribution < 1.29 is 9.53 Å². The Morgan fingerprint density at radius 2 is 2.00 bits per heavy atom. The van der Waals surface area contributed by atoms with Crippen molar-refractivity contribution in [3.05, 3.63) is 58.7 Å². The van der Waals surface area contributed by atoms with Crippen LogP contribution in [0.25, 0.3) is 22.6 Å². The lowest BCUT2D eigenvalue weighted by Gasteiger charge is -2.03. The van der Waals surface area contributed by atoms with Crippen molar-refractivity contribution >= 4 is 45.7 Å². The topological polar surface area (TPSA) is 54.1 Å². The third-order valence-electron chi connectivity index (χ3n) is 4.00. The SMILES string of the molecule is COc1ccc2c(c1)C(=Cc1c(Cl)[nH]c3ccccc13)C(=O)N2. The van der Waals surface area contributed by atoms with Crippen molar-refractivity contribution in [1.82, 2.24) is 4.98 Å². The van der Waals surface area contributed by atoms with E-state index in [0.717, 1.165) is 27.7 Å². The zero-order valence-electron chi connectivity index (χ0n) is 12.3. The quantitative estimate of drug-likeness (QED) is 0.690. The van der Waals surface area contributed by atoms with E-state index in [9.17, 15) is 4.79 Å². The Hall–Kier alpha value is -2.72. The van der Waals surface area contributed by atoms with Crippen LogP contribution in [0.15, 0.2) is 42.5 Å². The summed E-state index contributed by atoms with van der Waals surface area (Å²) in [6.45, 7) is 0. The largest absolute Gasteiger partial charge is 0.497 e. The van der Waals surface area contributed by atoms with Gasteiger partial charge in [0.25, 0.3) is 5.91 Å². The lowest BCUT2D eigenvalue weighted by Crippen LogP contribution is -2.03. The molecule has 3 aromatic rings. The fourth-order valence-electron chi connectivity index (χ4n) is 2.85. The van der Waals surface area contributed by atoms with Crippen LogP contribution in [0.1, 0.15) is 11.1 Å². The number of ether oxygens (including phenoxy) is 1. The number of halogens is 1. The van der Waals surface area contributed by atoms with Crippen LogP contribution in [0, 0.1) is 0 Å². The van der Waals surface area contributed by atoms with Crippen molar-refractivity contribution in [2.45, 2.75) is 0 Å². The molecule has 0 bridgehead atoms. The highest BCUT2D eigenvalue weighted by molar-refractivity contribution is 6.38. The molecule has 4 rings (SSSR count). The molecule has 0 fully saturated rings. The predicted molar refractivity (Wildman–Crippen MR) is 92.8 cm³/mol. The molecule has 5 heteroatoms. The number of aromatic amines is 1. The monoisotopic (exact) mass is 324 g/mol. The molecule has 114 valence electrons. The highest BCUT2D eigenvalue weighted by Crippen LogP contribution is 2.37. The maximum Gasteiger partial charge on any atom is 0.256 e. The first-order valence-electron chi connectivity index (χ1n) is 7.15. The number of hydrogen-bond donors (Lipinski definition) is 2. The summed E-state index contributed by atoms with van der Waals surface area (Å²) in [5.41, 5.74) is 3.91. The summed E-state index contributed by atoms with van der Waals surface area (Å²) in [6, 6.07) is 13.3. The van der Waals surface area contributed by atoms with Gasteiger partial charge in [-0.3, -0.25) is 4.79 Å². The number of carbonyl (C=O) groups is 1. The molecule has 0 spiro atoms. The van der Waals surface area contributed by atoms with Crippen LogP contribution in [0.3, 0.4) is 0 Å². The fourth-order valence-corrected chi connectivity index (χ4v) is 3.11. The summed E-state index contributed by atoms with van der Waals surface area (Å²) in [7, 11) is 1.60. The summed E-state index contributed by atoms with van der Waals surface area (Å²) in [4.78, 5) is 15.5. The van der Waals surface area contributed by atoms with E-state index in [1.165, 1.54) is 0 Å². The van der Waals surface area contributed by atoms with E-state index in [1.54, 1.807) is 7.11 Å². The van der Waals surface area contributed by atoms with E-state index in [-0.39, 0.29) is 5.91 Å². The van der Waals surface area contributed by atoms with E-state index in [0.29, 0.717) is 16.5 Å². The smallest absolute Gasteiger partial charge is 0.256 e. The molecule has 1 aliphatic heterocycles. The van der Waals surface area contributed by atoms with Gasteiger partial charge in [0, 0.05) is 33.3 Å². The number of nitrogens with one attached hydrogen (secondary N) is 2. The number of methoxy groups -OCH3 is 1. The maximum absolute atomic E-state index is 12.3. The Labute approximate surface area is 137 Å². The molecule has 23 heavy (non-hydrogen) atoms. The first kappa shape index (κ1) is 13.9. The standard InChI is InChI=1S/C18H13ClN2O2/c1-23-10-6-7-16-12(8-10)14(18(22)21-16)9-13-11-4-2-3-5-15(11)20-17(13)19/h2-9,20H,1H3,(H,21,22). The van der Waals surface area contributed by atoms with Crippen LogP contribution < -0.4 is 10.1 Å². The minimum Gasteiger partial charge on any atom is -0.497 e. The second-order valence-electron chi connectivity index (χ2n) is 5.32. The second kappa shape index (κ2) is 5.18. The molecule has 0 atom stereocenters. The Morgan fingerprint density at radius 3 is 2.83 bits per heavy atom. The zero-order valence-corrected chi connectivity index (χ0v) is 13.1. The third kappa shape index (κ3) is 2.19. The molecule has 0 aliphatic carbocycles. The van der Waals surface area contributed by atoms with Gasteiger partial charge < -0.3 is 15.0 Å². The summed E-state index contributed by atoms with van der Waals surface area (Å²) in [5, 5.41) is 4.36. The molecular formula is C18H13ClN2O2. The Balaban J connectivity index is 1.92. The van der Waals surface area contributed by atoms with Gasteiger partial charge in [0.2, 0.25) is 0 Å². The van der Waals surface area contributed by atoms with Crippen LogP contribution in [0.4, 0.5) is 5.69 Å². The lowest BCUT2D eigenvalue weighted by atomic mass is 10.0. The lowest BCUT2D eigenvalue weighted by molar-refractivity contribution is -0.110. The van der Waals surface area contributed by atoms with Gasteiger partial charge in [-0.2, -0.15) is 0 Å². The van der Waals surface area contributed by atoms with Crippen LogP contribution in [-0.2, 0) is 4.79 Å². The Morgan fingerprint density at radius 1 is 1.17 bits per heavy atom. The number of rotatable bonds is 2. The number of H-pyrrole nitrogens is 1. The van der Waals surface area contributed by atoms with Crippen LogP contribution in [0.2, 0.25) is 5.15 Å². The Bertz CT molecular complexity index is 972. The van der Waals surface area contributed by atoms with Gasteiger partial charge in [0.1, 0.15) is 10.9 Å². The van der Waals surface area contributed by atoms with Crippen LogP contribution in [0.5, 0.6) is 5.75 Å². The number of carbonyl (C=O) groups excluding carboxylic acids is 1. The van der Waals surface area contributed by atoms with Gasteiger partial charge in [-0.1, -0.05) is 29.8 Å². The second-order valence-corrected chi connectivity index (χ2v) is 5.70. The average Bonchev–Trinajstić information content (AvgIpc) is 3.04. The molecule has 0 radical (unpaired) electrons. The van der Waals surface area contributed by atoms with Crippen molar-refractivity contribution in [2.75, 3.05) is 12.4 Å². The zero-order chi connectivity index (χ0) is 16.0. The van der Waals surface area contributed by atoms with E-state index < -0.39 is 0 Å². The van der Waals surface area contributed by atoms with E-state index in [1.807, 2.05) is 48.5 Å². The van der Waals surface area contributed by atoms with Crippen LogP contribution in [-0.4, -0.2) is 18.0 Å². The Kier molecular flexibility index (Phi) is 3.13. The highest BCUT2D eigenvalue weighted by Gasteiger charge is 2.25. The third-order valence-corrected chi connectivity index (χ3v) is 4.29. The predicted octanol–water partition coefficient (Wildman–Crippen LogP) is 4.32. The molecule has 0 unspecified atom stereocenters. The molecule has 0 saturated carbocycles. The minimum absolute atomic E-state index is 0.144. The molecule has 1 aliphatic rings. The molecule has 2 N–H and O–H groups in total. The number of benzene rings is 2. The number of para-hydroxylation sites is 1. The molecule has 2 aromatic carbocycles. The maximum atomic E-state index is 12.3.